The Balaban J connectivity index is 1.84. The second-order valence-electron chi connectivity index (χ2n) is 4.82. The van der Waals surface area contributed by atoms with Gasteiger partial charge in [-0.2, -0.15) is 0 Å². The highest BCUT2D eigenvalue weighted by molar-refractivity contribution is 6.30. The van der Waals surface area contributed by atoms with E-state index in [0.29, 0.717) is 0 Å². The summed E-state index contributed by atoms with van der Waals surface area (Å²) < 4.78 is 1.97. The molecule has 4 nitrogen and oxygen atoms in total. The van der Waals surface area contributed by atoms with E-state index in [1.54, 1.807) is 24.5 Å². The second kappa shape index (κ2) is 5.58. The summed E-state index contributed by atoms with van der Waals surface area (Å²) >= 11 is 5.87. The van der Waals surface area contributed by atoms with Crippen molar-refractivity contribution < 1.29 is 9.90 Å². The Morgan fingerprint density at radius 1 is 1.19 bits per heavy atom. The van der Waals surface area contributed by atoms with Crippen LogP contribution in [0.4, 0.5) is 0 Å². The molecule has 2 aromatic carbocycles. The number of halogens is 1. The molecule has 106 valence electrons. The highest BCUT2D eigenvalue weighted by atomic mass is 35.5. The number of aromatic nitrogens is 2. The number of aromatic carboxylic acids is 1. The van der Waals surface area contributed by atoms with Crippen molar-refractivity contribution in [1.82, 2.24) is 9.55 Å². The van der Waals surface area contributed by atoms with Gasteiger partial charge in [0.25, 0.3) is 0 Å². The highest BCUT2D eigenvalue weighted by Gasteiger charge is 2.08. The lowest BCUT2D eigenvalue weighted by Gasteiger charge is -2.05. The summed E-state index contributed by atoms with van der Waals surface area (Å²) in [5.74, 6) is -0.928. The lowest BCUT2D eigenvalue weighted by Crippen LogP contribution is -2.01. The number of imidazole rings is 1. The summed E-state index contributed by atoms with van der Waals surface area (Å²) in [6, 6.07) is 12.7. The maximum absolute atomic E-state index is 11.0. The molecule has 21 heavy (non-hydrogen) atoms. The molecule has 0 radical (unpaired) electrons. The van der Waals surface area contributed by atoms with Gasteiger partial charge in [0.15, 0.2) is 0 Å². The molecule has 0 aliphatic heterocycles. The van der Waals surface area contributed by atoms with Crippen molar-refractivity contribution in [2.24, 2.45) is 0 Å². The van der Waals surface area contributed by atoms with E-state index in [2.05, 4.69) is 4.98 Å². The van der Waals surface area contributed by atoms with Crippen LogP contribution in [0.5, 0.6) is 0 Å². The number of carboxylic acids is 1. The van der Waals surface area contributed by atoms with Gasteiger partial charge in [-0.15, -0.1) is 0 Å². The van der Waals surface area contributed by atoms with Gasteiger partial charge < -0.3 is 9.67 Å². The summed E-state index contributed by atoms with van der Waals surface area (Å²) in [5.41, 5.74) is 3.09. The van der Waals surface area contributed by atoms with Crippen LogP contribution in [0.2, 0.25) is 5.02 Å². The third kappa shape index (κ3) is 2.90. The lowest BCUT2D eigenvalue weighted by molar-refractivity contribution is 0.0697. The molecule has 0 atom stereocenters. The number of aryl methyl sites for hydroxylation is 2. The van der Waals surface area contributed by atoms with Crippen molar-refractivity contribution in [1.29, 1.82) is 0 Å². The number of fused-ring (bicyclic) bond motifs is 1. The minimum atomic E-state index is -0.928. The Labute approximate surface area is 126 Å². The molecule has 0 spiro atoms. The Hall–Kier alpha value is -2.33. The van der Waals surface area contributed by atoms with Gasteiger partial charge >= 0.3 is 5.97 Å². The van der Waals surface area contributed by atoms with Gasteiger partial charge in [0.1, 0.15) is 0 Å². The number of nitrogens with zero attached hydrogens (tertiary/aromatic N) is 2. The number of carboxylic acid groups (broad SMARTS) is 1. The minimum absolute atomic E-state index is 0.274. The quantitative estimate of drug-likeness (QED) is 0.800. The molecule has 3 rings (SSSR count). The number of hydrogen-bond acceptors (Lipinski definition) is 2. The van der Waals surface area contributed by atoms with E-state index in [1.165, 1.54) is 5.56 Å². The Kier molecular flexibility index (Phi) is 3.62. The van der Waals surface area contributed by atoms with Gasteiger partial charge in [0.05, 0.1) is 22.9 Å². The SMILES string of the molecule is O=C(O)c1ccc2ncn(CCc3ccc(Cl)cc3)c2c1. The summed E-state index contributed by atoms with van der Waals surface area (Å²) in [4.78, 5) is 15.3. The molecule has 0 amide bonds. The summed E-state index contributed by atoms with van der Waals surface area (Å²) in [5, 5.41) is 9.78. The number of benzene rings is 2. The number of carbonyl (C=O) groups is 1. The molecule has 0 aliphatic rings. The van der Waals surface area contributed by atoms with Crippen molar-refractivity contribution >= 4 is 28.6 Å². The molecule has 1 aromatic heterocycles. The standard InChI is InChI=1S/C16H13ClN2O2/c17-13-4-1-11(2-5-13)7-8-19-10-18-14-6-3-12(16(20)21)9-15(14)19/h1-6,9-10H,7-8H2,(H,20,21). The summed E-state index contributed by atoms with van der Waals surface area (Å²) in [6.45, 7) is 0.737. The lowest BCUT2D eigenvalue weighted by atomic mass is 10.1. The largest absolute Gasteiger partial charge is 0.478 e. The van der Waals surface area contributed by atoms with E-state index >= 15 is 0 Å². The van der Waals surface area contributed by atoms with Gasteiger partial charge in [-0.25, -0.2) is 9.78 Å². The van der Waals surface area contributed by atoms with E-state index in [1.807, 2.05) is 28.8 Å². The van der Waals surface area contributed by atoms with Crippen LogP contribution in [0.3, 0.4) is 0 Å². The predicted molar refractivity (Wildman–Crippen MR) is 81.8 cm³/mol. The highest BCUT2D eigenvalue weighted by Crippen LogP contribution is 2.16. The zero-order chi connectivity index (χ0) is 14.8. The molecule has 1 N–H and O–H groups in total. The molecule has 0 saturated heterocycles. The van der Waals surface area contributed by atoms with Crippen molar-refractivity contribution in [3.8, 4) is 0 Å². The minimum Gasteiger partial charge on any atom is -0.478 e. The van der Waals surface area contributed by atoms with Crippen LogP contribution in [0.1, 0.15) is 15.9 Å². The third-order valence-corrected chi connectivity index (χ3v) is 3.67. The molecule has 0 unspecified atom stereocenters. The van der Waals surface area contributed by atoms with Gasteiger partial charge in [0.2, 0.25) is 0 Å². The molecule has 5 heteroatoms. The summed E-state index contributed by atoms with van der Waals surface area (Å²) in [7, 11) is 0. The smallest absolute Gasteiger partial charge is 0.335 e. The normalized spacial score (nSPS) is 10.9. The van der Waals surface area contributed by atoms with Crippen molar-refractivity contribution in [3.05, 3.63) is 64.9 Å². The average molecular weight is 301 g/mol. The third-order valence-electron chi connectivity index (χ3n) is 3.42. The monoisotopic (exact) mass is 300 g/mol. The Morgan fingerprint density at radius 3 is 2.67 bits per heavy atom. The fraction of sp³-hybridized carbons (Fsp3) is 0.125. The number of rotatable bonds is 4. The Bertz CT molecular complexity index is 794. The van der Waals surface area contributed by atoms with Crippen LogP contribution in [0.15, 0.2) is 48.8 Å². The fourth-order valence-corrected chi connectivity index (χ4v) is 2.39. The van der Waals surface area contributed by atoms with Crippen LogP contribution in [-0.4, -0.2) is 20.6 Å². The Morgan fingerprint density at radius 2 is 1.95 bits per heavy atom. The molecule has 0 aliphatic carbocycles. The first-order valence-electron chi connectivity index (χ1n) is 6.56. The second-order valence-corrected chi connectivity index (χ2v) is 5.26. The van der Waals surface area contributed by atoms with Gasteiger partial charge in [-0.1, -0.05) is 23.7 Å². The first kappa shape index (κ1) is 13.6. The molecule has 0 fully saturated rings. The molecular weight excluding hydrogens is 288 g/mol. The van der Waals surface area contributed by atoms with E-state index in [0.717, 1.165) is 29.0 Å². The van der Waals surface area contributed by atoms with E-state index in [-0.39, 0.29) is 5.56 Å². The maximum Gasteiger partial charge on any atom is 0.335 e. The first-order valence-corrected chi connectivity index (χ1v) is 6.94. The predicted octanol–water partition coefficient (Wildman–Crippen LogP) is 3.63. The maximum atomic E-state index is 11.0. The fourth-order valence-electron chi connectivity index (χ4n) is 2.27. The van der Waals surface area contributed by atoms with Crippen molar-refractivity contribution in [2.75, 3.05) is 0 Å². The van der Waals surface area contributed by atoms with E-state index in [4.69, 9.17) is 16.7 Å². The van der Waals surface area contributed by atoms with Crippen LogP contribution < -0.4 is 0 Å². The molecular formula is C16H13ClN2O2. The van der Waals surface area contributed by atoms with Crippen molar-refractivity contribution in [3.63, 3.8) is 0 Å². The van der Waals surface area contributed by atoms with Gasteiger partial charge in [-0.05, 0) is 42.3 Å². The van der Waals surface area contributed by atoms with Gasteiger partial charge in [0, 0.05) is 11.6 Å². The van der Waals surface area contributed by atoms with E-state index < -0.39 is 5.97 Å². The molecule has 1 heterocycles. The average Bonchev–Trinajstić information content (AvgIpc) is 2.89. The topological polar surface area (TPSA) is 55.1 Å². The number of hydrogen-bond donors (Lipinski definition) is 1. The molecule has 0 bridgehead atoms. The van der Waals surface area contributed by atoms with Crippen LogP contribution in [-0.2, 0) is 13.0 Å². The van der Waals surface area contributed by atoms with Crippen LogP contribution in [0.25, 0.3) is 11.0 Å². The zero-order valence-electron chi connectivity index (χ0n) is 11.2. The van der Waals surface area contributed by atoms with Crippen LogP contribution >= 0.6 is 11.6 Å². The van der Waals surface area contributed by atoms with Crippen LogP contribution in [0, 0.1) is 0 Å². The first-order chi connectivity index (χ1) is 10.1. The molecule has 3 aromatic rings. The molecule has 0 saturated carbocycles. The van der Waals surface area contributed by atoms with Crippen molar-refractivity contribution in [2.45, 2.75) is 13.0 Å². The van der Waals surface area contributed by atoms with E-state index in [9.17, 15) is 4.79 Å². The summed E-state index contributed by atoms with van der Waals surface area (Å²) in [6.07, 6.45) is 2.58. The zero-order valence-corrected chi connectivity index (χ0v) is 11.9. The van der Waals surface area contributed by atoms with Gasteiger partial charge in [-0.3, -0.25) is 0 Å².